The van der Waals surface area contributed by atoms with Gasteiger partial charge in [0, 0.05) is 0 Å². The molecule has 2 amide bonds. The van der Waals surface area contributed by atoms with Crippen LogP contribution in [0.15, 0.2) is 18.2 Å². The van der Waals surface area contributed by atoms with Crippen LogP contribution in [0.2, 0.25) is 0 Å². The quantitative estimate of drug-likeness (QED) is 0.813. The van der Waals surface area contributed by atoms with Gasteiger partial charge < -0.3 is 10.4 Å². The van der Waals surface area contributed by atoms with Gasteiger partial charge in [-0.2, -0.15) is 13.2 Å². The average Bonchev–Trinajstić information content (AvgIpc) is 2.65. The Balaban J connectivity index is 1.79. The molecule has 1 atom stereocenters. The molecule has 0 saturated carbocycles. The van der Waals surface area contributed by atoms with Crippen molar-refractivity contribution in [2.24, 2.45) is 5.92 Å². The largest absolute Gasteiger partial charge is 0.481 e. The molecule has 1 fully saturated rings. The van der Waals surface area contributed by atoms with Gasteiger partial charge in [0.1, 0.15) is 6.54 Å². The van der Waals surface area contributed by atoms with Crippen molar-refractivity contribution in [1.82, 2.24) is 4.90 Å². The highest BCUT2D eigenvalue weighted by atomic mass is 19.4. The van der Waals surface area contributed by atoms with Crippen LogP contribution >= 0.6 is 0 Å². The molecule has 2 aliphatic rings. The Morgan fingerprint density at radius 1 is 1.25 bits per heavy atom. The van der Waals surface area contributed by atoms with E-state index in [0.717, 1.165) is 12.1 Å². The molecule has 0 aromatic heterocycles. The molecule has 0 bridgehead atoms. The summed E-state index contributed by atoms with van der Waals surface area (Å²) in [6.45, 7) is 2.21. The maximum absolute atomic E-state index is 13.0. The minimum absolute atomic E-state index is 0.0591. The second-order valence-electron chi connectivity index (χ2n) is 7.03. The molecule has 0 aliphatic carbocycles. The number of rotatable bonds is 3. The van der Waals surface area contributed by atoms with Crippen LogP contribution < -0.4 is 10.2 Å². The molecule has 1 saturated heterocycles. The van der Waals surface area contributed by atoms with E-state index in [-0.39, 0.29) is 17.9 Å². The summed E-state index contributed by atoms with van der Waals surface area (Å²) in [5.74, 6) is -2.29. The molecule has 10 heteroatoms. The molecule has 2 heterocycles. The number of benzene rings is 1. The van der Waals surface area contributed by atoms with Gasteiger partial charge in [0.15, 0.2) is 0 Å². The number of hydrogen-bond donors (Lipinski definition) is 2. The monoisotopic (exact) mass is 399 g/mol. The number of nitrogens with one attached hydrogen (secondary N) is 1. The normalized spacial score (nSPS) is 19.7. The number of carbonyl (C=O) groups is 3. The molecule has 1 unspecified atom stereocenters. The number of amides is 2. The van der Waals surface area contributed by atoms with E-state index in [2.05, 4.69) is 5.32 Å². The second kappa shape index (κ2) is 7.42. The van der Waals surface area contributed by atoms with Gasteiger partial charge in [-0.3, -0.25) is 24.2 Å². The second-order valence-corrected chi connectivity index (χ2v) is 7.03. The third-order valence-corrected chi connectivity index (χ3v) is 5.24. The summed E-state index contributed by atoms with van der Waals surface area (Å²) in [5, 5.41) is 11.5. The predicted octanol–water partition coefficient (Wildman–Crippen LogP) is 2.18. The number of hydrogen-bond acceptors (Lipinski definition) is 4. The Labute approximate surface area is 159 Å². The average molecular weight is 399 g/mol. The van der Waals surface area contributed by atoms with E-state index in [1.807, 2.05) is 4.90 Å². The number of piperidine rings is 1. The summed E-state index contributed by atoms with van der Waals surface area (Å²) in [6, 6.07) is 2.24. The van der Waals surface area contributed by atoms with Crippen molar-refractivity contribution in [3.8, 4) is 0 Å². The van der Waals surface area contributed by atoms with E-state index < -0.39 is 41.5 Å². The topological polar surface area (TPSA) is 90.0 Å². The molecule has 1 aromatic carbocycles. The summed E-state index contributed by atoms with van der Waals surface area (Å²) in [4.78, 5) is 39.0. The molecular weight excluding hydrogens is 379 g/mol. The molecule has 7 nitrogen and oxygen atoms in total. The molecule has 1 aromatic rings. The van der Waals surface area contributed by atoms with E-state index in [0.29, 0.717) is 25.9 Å². The number of halogens is 3. The highest BCUT2D eigenvalue weighted by molar-refractivity contribution is 6.11. The zero-order chi connectivity index (χ0) is 20.6. The first-order valence-electron chi connectivity index (χ1n) is 8.87. The summed E-state index contributed by atoms with van der Waals surface area (Å²) in [7, 11) is 0. The maximum atomic E-state index is 13.0. The van der Waals surface area contributed by atoms with Crippen LogP contribution in [0, 0.1) is 5.92 Å². The van der Waals surface area contributed by atoms with Gasteiger partial charge in [-0.15, -0.1) is 0 Å². The number of nitrogens with zero attached hydrogens (tertiary/aromatic N) is 2. The molecule has 3 rings (SSSR count). The Kier molecular flexibility index (Phi) is 5.33. The fraction of sp³-hybridized carbons (Fsp3) is 0.500. The molecule has 28 heavy (non-hydrogen) atoms. The summed E-state index contributed by atoms with van der Waals surface area (Å²) in [5.41, 5.74) is -0.759. The fourth-order valence-corrected chi connectivity index (χ4v) is 3.58. The van der Waals surface area contributed by atoms with Crippen molar-refractivity contribution in [3.05, 3.63) is 23.8 Å². The van der Waals surface area contributed by atoms with Crippen molar-refractivity contribution in [2.75, 3.05) is 29.9 Å². The Morgan fingerprint density at radius 2 is 1.89 bits per heavy atom. The number of alkyl halides is 3. The van der Waals surface area contributed by atoms with Crippen LogP contribution in [0.25, 0.3) is 0 Å². The first-order valence-corrected chi connectivity index (χ1v) is 8.87. The van der Waals surface area contributed by atoms with Gasteiger partial charge in [0.05, 0.1) is 28.9 Å². The van der Waals surface area contributed by atoms with Crippen LogP contribution in [0.3, 0.4) is 0 Å². The zero-order valence-electron chi connectivity index (χ0n) is 15.1. The Bertz CT molecular complexity index is 804. The van der Waals surface area contributed by atoms with Crippen LogP contribution in [0.1, 0.15) is 25.3 Å². The minimum Gasteiger partial charge on any atom is -0.481 e. The number of carboxylic acid groups (broad SMARTS) is 1. The van der Waals surface area contributed by atoms with Crippen LogP contribution in [-0.4, -0.2) is 53.5 Å². The lowest BCUT2D eigenvalue weighted by Crippen LogP contribution is -2.53. The zero-order valence-corrected chi connectivity index (χ0v) is 15.1. The van der Waals surface area contributed by atoms with Gasteiger partial charge in [0.25, 0.3) is 0 Å². The van der Waals surface area contributed by atoms with Gasteiger partial charge >= 0.3 is 12.1 Å². The lowest BCUT2D eigenvalue weighted by atomic mass is 9.96. The Morgan fingerprint density at radius 3 is 2.46 bits per heavy atom. The summed E-state index contributed by atoms with van der Waals surface area (Å²) >= 11 is 0. The van der Waals surface area contributed by atoms with Crippen LogP contribution in [0.5, 0.6) is 0 Å². The molecule has 0 radical (unpaired) electrons. The van der Waals surface area contributed by atoms with Gasteiger partial charge in [-0.05, 0) is 51.1 Å². The molecule has 0 spiro atoms. The van der Waals surface area contributed by atoms with E-state index in [4.69, 9.17) is 5.11 Å². The van der Waals surface area contributed by atoms with Crippen molar-refractivity contribution in [1.29, 1.82) is 0 Å². The first-order chi connectivity index (χ1) is 13.1. The highest BCUT2D eigenvalue weighted by Gasteiger charge is 2.37. The minimum atomic E-state index is -4.56. The van der Waals surface area contributed by atoms with Crippen LogP contribution in [0.4, 0.5) is 24.5 Å². The number of aliphatic carboxylic acids is 1. The number of carboxylic acids is 1. The smallest absolute Gasteiger partial charge is 0.416 e. The van der Waals surface area contributed by atoms with E-state index in [1.54, 1.807) is 6.92 Å². The van der Waals surface area contributed by atoms with Gasteiger partial charge in [-0.25, -0.2) is 0 Å². The first kappa shape index (κ1) is 20.1. The predicted molar refractivity (Wildman–Crippen MR) is 93.8 cm³/mol. The van der Waals surface area contributed by atoms with Crippen LogP contribution in [-0.2, 0) is 20.6 Å². The maximum Gasteiger partial charge on any atom is 0.416 e. The van der Waals surface area contributed by atoms with E-state index >= 15 is 0 Å². The van der Waals surface area contributed by atoms with Crippen molar-refractivity contribution in [3.63, 3.8) is 0 Å². The van der Waals surface area contributed by atoms with E-state index in [1.165, 1.54) is 11.0 Å². The number of likely N-dealkylation sites (tertiary alicyclic amines) is 1. The van der Waals surface area contributed by atoms with Gasteiger partial charge in [0.2, 0.25) is 11.8 Å². The lowest BCUT2D eigenvalue weighted by molar-refractivity contribution is -0.143. The molecule has 2 aliphatic heterocycles. The van der Waals surface area contributed by atoms with Crippen molar-refractivity contribution in [2.45, 2.75) is 32.0 Å². The molecular formula is C18H20F3N3O4. The van der Waals surface area contributed by atoms with E-state index in [9.17, 15) is 27.6 Å². The molecule has 2 N–H and O–H groups in total. The highest BCUT2D eigenvalue weighted by Crippen LogP contribution is 2.37. The SMILES string of the molecule is CC(C(=O)N1CC(=O)Nc2cc(C(F)(F)F)ccc21)N1CCC(C(=O)O)CC1. The number of carbonyl (C=O) groups excluding carboxylic acids is 2. The third-order valence-electron chi connectivity index (χ3n) is 5.24. The number of anilines is 2. The Hall–Kier alpha value is -2.62. The third kappa shape index (κ3) is 3.96. The van der Waals surface area contributed by atoms with Gasteiger partial charge in [-0.1, -0.05) is 0 Å². The standard InChI is InChI=1S/C18H20F3N3O4/c1-10(23-6-4-11(5-7-23)17(27)28)16(26)24-9-15(25)22-13-8-12(18(19,20)21)2-3-14(13)24/h2-3,8,10-11H,4-7,9H2,1H3,(H,22,25)(H,27,28). The lowest BCUT2D eigenvalue weighted by Gasteiger charge is -2.37. The summed E-state index contributed by atoms with van der Waals surface area (Å²) < 4.78 is 38.8. The van der Waals surface area contributed by atoms with Crippen molar-refractivity contribution < 1.29 is 32.7 Å². The molecule has 152 valence electrons. The van der Waals surface area contributed by atoms with Crippen molar-refractivity contribution >= 4 is 29.2 Å². The number of fused-ring (bicyclic) bond motifs is 1. The summed E-state index contributed by atoms with van der Waals surface area (Å²) in [6.07, 6.45) is -3.73. The fourth-order valence-electron chi connectivity index (χ4n) is 3.58.